The number of nitrogens with one attached hydrogen (secondary N) is 2. The molecule has 0 aliphatic rings. The highest BCUT2D eigenvalue weighted by Gasteiger charge is 2.21. The molecule has 9 nitrogen and oxygen atoms in total. The molecule has 0 aliphatic carbocycles. The lowest BCUT2D eigenvalue weighted by atomic mass is 10.0. The molecule has 1 heterocycles. The maximum absolute atomic E-state index is 13.3. The SMILES string of the molecule is CCCc1nc2cc(C(=O)NC(CC(=O)NO)Cc3ccccc3)cc(C)c2n1Cc1ccc(C(=O)O)cc1. The van der Waals surface area contributed by atoms with E-state index in [1.165, 1.54) is 0 Å². The van der Waals surface area contributed by atoms with Crippen molar-refractivity contribution >= 4 is 28.8 Å². The lowest BCUT2D eigenvalue weighted by Gasteiger charge is -2.18. The van der Waals surface area contributed by atoms with Crippen molar-refractivity contribution in [2.45, 2.75) is 52.1 Å². The molecule has 0 radical (unpaired) electrons. The molecule has 0 saturated carbocycles. The molecule has 39 heavy (non-hydrogen) atoms. The van der Waals surface area contributed by atoms with Crippen molar-refractivity contribution in [3.05, 3.63) is 100 Å². The Bertz CT molecular complexity index is 1480. The van der Waals surface area contributed by atoms with Crippen LogP contribution < -0.4 is 10.8 Å². The van der Waals surface area contributed by atoms with Crippen molar-refractivity contribution in [2.75, 3.05) is 0 Å². The Hall–Kier alpha value is -4.50. The summed E-state index contributed by atoms with van der Waals surface area (Å²) in [6.07, 6.45) is 1.99. The Balaban J connectivity index is 1.63. The van der Waals surface area contributed by atoms with Crippen LogP contribution in [0.2, 0.25) is 0 Å². The number of nitrogens with zero attached hydrogens (tertiary/aromatic N) is 2. The number of hydroxylamine groups is 1. The van der Waals surface area contributed by atoms with Gasteiger partial charge in [-0.3, -0.25) is 14.8 Å². The summed E-state index contributed by atoms with van der Waals surface area (Å²) in [5.74, 6) is -0.993. The number of carbonyl (C=O) groups is 3. The molecule has 4 rings (SSSR count). The van der Waals surface area contributed by atoms with Gasteiger partial charge >= 0.3 is 5.97 Å². The van der Waals surface area contributed by atoms with Gasteiger partial charge in [-0.25, -0.2) is 15.3 Å². The van der Waals surface area contributed by atoms with Gasteiger partial charge in [0, 0.05) is 31.0 Å². The highest BCUT2D eigenvalue weighted by atomic mass is 16.5. The van der Waals surface area contributed by atoms with Crippen molar-refractivity contribution in [2.24, 2.45) is 0 Å². The first-order valence-electron chi connectivity index (χ1n) is 12.9. The van der Waals surface area contributed by atoms with E-state index in [1.54, 1.807) is 35.8 Å². The number of carbonyl (C=O) groups excluding carboxylic acids is 2. The first-order chi connectivity index (χ1) is 18.8. The van der Waals surface area contributed by atoms with Gasteiger partial charge in [0.25, 0.3) is 5.91 Å². The molecule has 4 N–H and O–H groups in total. The Morgan fingerprint density at radius 2 is 1.69 bits per heavy atom. The summed E-state index contributed by atoms with van der Waals surface area (Å²) in [6, 6.07) is 19.4. The van der Waals surface area contributed by atoms with E-state index in [-0.39, 0.29) is 17.9 Å². The number of rotatable bonds is 11. The number of hydrogen-bond acceptors (Lipinski definition) is 5. The zero-order valence-corrected chi connectivity index (χ0v) is 22.0. The smallest absolute Gasteiger partial charge is 0.335 e. The molecule has 2 amide bonds. The zero-order valence-electron chi connectivity index (χ0n) is 22.0. The third kappa shape index (κ3) is 6.69. The Kier molecular flexibility index (Phi) is 8.73. The predicted octanol–water partition coefficient (Wildman–Crippen LogP) is 4.28. The van der Waals surface area contributed by atoms with Gasteiger partial charge in [0.1, 0.15) is 5.82 Å². The average molecular weight is 529 g/mol. The summed E-state index contributed by atoms with van der Waals surface area (Å²) in [5, 5.41) is 21.2. The van der Waals surface area contributed by atoms with Crippen molar-refractivity contribution in [3.8, 4) is 0 Å². The van der Waals surface area contributed by atoms with Crippen LogP contribution in [0.15, 0.2) is 66.7 Å². The minimum absolute atomic E-state index is 0.0751. The fourth-order valence-corrected chi connectivity index (χ4v) is 4.79. The Labute approximate surface area is 226 Å². The third-order valence-corrected chi connectivity index (χ3v) is 6.61. The molecule has 0 aliphatic heterocycles. The molecule has 1 atom stereocenters. The van der Waals surface area contributed by atoms with Crippen molar-refractivity contribution in [3.63, 3.8) is 0 Å². The number of benzene rings is 3. The summed E-state index contributed by atoms with van der Waals surface area (Å²) in [6.45, 7) is 4.53. The van der Waals surface area contributed by atoms with Crippen LogP contribution >= 0.6 is 0 Å². The number of aryl methyl sites for hydroxylation is 2. The van der Waals surface area contributed by atoms with Gasteiger partial charge in [0.15, 0.2) is 0 Å². The van der Waals surface area contributed by atoms with Gasteiger partial charge in [0.2, 0.25) is 5.91 Å². The van der Waals surface area contributed by atoms with Gasteiger partial charge in [-0.2, -0.15) is 0 Å². The van der Waals surface area contributed by atoms with Crippen LogP contribution in [0, 0.1) is 6.92 Å². The topological polar surface area (TPSA) is 134 Å². The van der Waals surface area contributed by atoms with Gasteiger partial charge in [-0.05, 0) is 60.7 Å². The molecule has 3 aromatic carbocycles. The summed E-state index contributed by atoms with van der Waals surface area (Å²) in [5.41, 5.74) is 6.70. The van der Waals surface area contributed by atoms with E-state index in [2.05, 4.69) is 16.8 Å². The molecule has 0 saturated heterocycles. The molecule has 0 fully saturated rings. The highest BCUT2D eigenvalue weighted by molar-refractivity contribution is 5.98. The first kappa shape index (κ1) is 27.5. The second-order valence-corrected chi connectivity index (χ2v) is 9.63. The van der Waals surface area contributed by atoms with Gasteiger partial charge in [0.05, 0.1) is 16.6 Å². The van der Waals surface area contributed by atoms with Crippen LogP contribution in [-0.2, 0) is 24.2 Å². The van der Waals surface area contributed by atoms with Gasteiger partial charge in [-0.1, -0.05) is 49.4 Å². The normalized spacial score (nSPS) is 11.8. The van der Waals surface area contributed by atoms with Gasteiger partial charge < -0.3 is 15.0 Å². The molecule has 4 aromatic rings. The van der Waals surface area contributed by atoms with Crippen LogP contribution in [0.1, 0.15) is 63.0 Å². The molecule has 1 unspecified atom stereocenters. The monoisotopic (exact) mass is 528 g/mol. The van der Waals surface area contributed by atoms with E-state index < -0.39 is 17.9 Å². The number of carboxylic acids is 1. The van der Waals surface area contributed by atoms with E-state index in [4.69, 9.17) is 10.2 Å². The van der Waals surface area contributed by atoms with Crippen molar-refractivity contribution in [1.29, 1.82) is 0 Å². The van der Waals surface area contributed by atoms with Crippen molar-refractivity contribution < 1.29 is 24.7 Å². The fourth-order valence-electron chi connectivity index (χ4n) is 4.79. The fraction of sp³-hybridized carbons (Fsp3) is 0.267. The molecular weight excluding hydrogens is 496 g/mol. The van der Waals surface area contributed by atoms with E-state index in [0.717, 1.165) is 40.9 Å². The number of amides is 2. The average Bonchev–Trinajstić information content (AvgIpc) is 3.26. The third-order valence-electron chi connectivity index (χ3n) is 6.61. The highest BCUT2D eigenvalue weighted by Crippen LogP contribution is 2.25. The van der Waals surface area contributed by atoms with E-state index in [0.29, 0.717) is 24.0 Å². The number of aromatic carboxylic acids is 1. The minimum Gasteiger partial charge on any atom is -0.478 e. The van der Waals surface area contributed by atoms with Crippen molar-refractivity contribution in [1.82, 2.24) is 20.3 Å². The predicted molar refractivity (Wildman–Crippen MR) is 147 cm³/mol. The Morgan fingerprint density at radius 3 is 2.33 bits per heavy atom. The maximum Gasteiger partial charge on any atom is 0.335 e. The lowest BCUT2D eigenvalue weighted by molar-refractivity contribution is -0.129. The van der Waals surface area contributed by atoms with E-state index in [9.17, 15) is 19.5 Å². The largest absolute Gasteiger partial charge is 0.478 e. The summed E-state index contributed by atoms with van der Waals surface area (Å²) in [7, 11) is 0. The quantitative estimate of drug-likeness (QED) is 0.170. The molecule has 9 heteroatoms. The molecule has 0 spiro atoms. The van der Waals surface area contributed by atoms with Crippen LogP contribution in [0.4, 0.5) is 0 Å². The zero-order chi connectivity index (χ0) is 27.9. The summed E-state index contributed by atoms with van der Waals surface area (Å²) in [4.78, 5) is 41.3. The number of imidazole rings is 1. The number of aromatic nitrogens is 2. The molecular formula is C30H32N4O5. The van der Waals surface area contributed by atoms with Crippen LogP contribution in [0.5, 0.6) is 0 Å². The number of hydrogen-bond donors (Lipinski definition) is 4. The second kappa shape index (κ2) is 12.4. The summed E-state index contributed by atoms with van der Waals surface area (Å²) < 4.78 is 2.12. The molecule has 202 valence electrons. The minimum atomic E-state index is -0.967. The van der Waals surface area contributed by atoms with Crippen LogP contribution in [0.3, 0.4) is 0 Å². The molecule has 1 aromatic heterocycles. The number of fused-ring (bicyclic) bond motifs is 1. The number of carboxylic acid groups (broad SMARTS) is 1. The van der Waals surface area contributed by atoms with Crippen LogP contribution in [-0.4, -0.2) is 43.7 Å². The summed E-state index contributed by atoms with van der Waals surface area (Å²) >= 11 is 0. The standard InChI is InChI=1S/C30H32N4O5/c1-3-7-26-32-25-16-23(29(36)31-24(17-27(35)33-39)15-20-8-5-4-6-9-20)14-19(2)28(25)34(26)18-21-10-12-22(13-11-21)30(37)38/h4-6,8-14,16,24,39H,3,7,15,17-18H2,1-2H3,(H,31,36)(H,33,35)(H,37,38). The first-order valence-corrected chi connectivity index (χ1v) is 12.9. The van der Waals surface area contributed by atoms with Gasteiger partial charge in [-0.15, -0.1) is 0 Å². The lowest BCUT2D eigenvalue weighted by Crippen LogP contribution is -2.40. The van der Waals surface area contributed by atoms with E-state index in [1.807, 2.05) is 43.3 Å². The van der Waals surface area contributed by atoms with Crippen LogP contribution in [0.25, 0.3) is 11.0 Å². The maximum atomic E-state index is 13.3. The Morgan fingerprint density at radius 1 is 0.974 bits per heavy atom. The molecule has 0 bridgehead atoms. The second-order valence-electron chi connectivity index (χ2n) is 9.63. The van der Waals surface area contributed by atoms with E-state index >= 15 is 0 Å².